The fourth-order valence-corrected chi connectivity index (χ4v) is 8.51. The first-order valence-electron chi connectivity index (χ1n) is 17.2. The largest absolute Gasteiger partial charge is 0.456 e. The number of benzene rings is 7. The van der Waals surface area contributed by atoms with E-state index < -0.39 is 0 Å². The van der Waals surface area contributed by atoms with Gasteiger partial charge in [0.1, 0.15) is 11.2 Å². The zero-order chi connectivity index (χ0) is 34.2. The fraction of sp³-hybridized carbons (Fsp3) is 0. The van der Waals surface area contributed by atoms with E-state index in [9.17, 15) is 0 Å². The second-order valence-electron chi connectivity index (χ2n) is 13.0. The van der Waals surface area contributed by atoms with Gasteiger partial charge in [-0.3, -0.25) is 0 Å². The van der Waals surface area contributed by atoms with Crippen molar-refractivity contribution in [1.82, 2.24) is 15.0 Å². The molecular weight excluding hydrogens is 655 g/mol. The Kier molecular flexibility index (Phi) is 6.30. The molecule has 0 amide bonds. The van der Waals surface area contributed by atoms with Gasteiger partial charge in [-0.25, -0.2) is 15.0 Å². The third-order valence-corrected chi connectivity index (χ3v) is 11.1. The third-order valence-electron chi connectivity index (χ3n) is 9.94. The predicted molar refractivity (Wildman–Crippen MR) is 214 cm³/mol. The van der Waals surface area contributed by atoms with Gasteiger partial charge in [0.25, 0.3) is 0 Å². The Morgan fingerprint density at radius 3 is 2.10 bits per heavy atom. The highest BCUT2D eigenvalue weighted by Crippen LogP contribution is 2.40. The summed E-state index contributed by atoms with van der Waals surface area (Å²) in [6.07, 6.45) is 0. The van der Waals surface area contributed by atoms with Crippen molar-refractivity contribution in [2.45, 2.75) is 0 Å². The Hall–Kier alpha value is -6.87. The molecule has 11 rings (SSSR count). The molecule has 240 valence electrons. The highest BCUT2D eigenvalue weighted by atomic mass is 32.1. The maximum absolute atomic E-state index is 6.45. The normalized spacial score (nSPS) is 11.7. The summed E-state index contributed by atoms with van der Waals surface area (Å²) >= 11 is 1.83. The van der Waals surface area contributed by atoms with E-state index in [-0.39, 0.29) is 0 Å². The molecule has 0 bridgehead atoms. The Bertz CT molecular complexity index is 3200. The summed E-state index contributed by atoms with van der Waals surface area (Å²) in [6, 6.07) is 59.5. The molecule has 8 aromatic carbocycles. The Labute approximate surface area is 302 Å². The molecule has 0 unspecified atom stereocenters. The molecule has 0 spiro atoms. The number of thiophene rings is 1. The average Bonchev–Trinajstić information content (AvgIpc) is 3.78. The van der Waals surface area contributed by atoms with Gasteiger partial charge in [0, 0.05) is 47.5 Å². The summed E-state index contributed by atoms with van der Waals surface area (Å²) in [6.45, 7) is 0. The van der Waals surface area contributed by atoms with Crippen molar-refractivity contribution in [3.05, 3.63) is 164 Å². The smallest absolute Gasteiger partial charge is 0.172 e. The lowest BCUT2D eigenvalue weighted by Gasteiger charge is -2.09. The van der Waals surface area contributed by atoms with E-state index in [1.807, 2.05) is 53.8 Å². The predicted octanol–water partition coefficient (Wildman–Crippen LogP) is 12.7. The summed E-state index contributed by atoms with van der Waals surface area (Å²) in [4.78, 5) is 15.2. The van der Waals surface area contributed by atoms with E-state index in [1.165, 1.54) is 25.6 Å². The molecule has 0 N–H and O–H groups in total. The first kappa shape index (κ1) is 28.9. The Balaban J connectivity index is 1.10. The molecule has 0 saturated heterocycles. The van der Waals surface area contributed by atoms with E-state index >= 15 is 0 Å². The highest BCUT2D eigenvalue weighted by molar-refractivity contribution is 7.25. The van der Waals surface area contributed by atoms with Crippen LogP contribution in [-0.4, -0.2) is 15.0 Å². The summed E-state index contributed by atoms with van der Waals surface area (Å²) in [7, 11) is 0. The van der Waals surface area contributed by atoms with Crippen molar-refractivity contribution in [3.8, 4) is 45.3 Å². The Morgan fingerprint density at radius 2 is 1.17 bits per heavy atom. The molecule has 0 atom stereocenters. The maximum Gasteiger partial charge on any atom is 0.172 e. The van der Waals surface area contributed by atoms with E-state index in [1.54, 1.807) is 0 Å². The van der Waals surface area contributed by atoms with Gasteiger partial charge in [0.05, 0.1) is 5.56 Å². The minimum atomic E-state index is 0.539. The molecule has 4 nitrogen and oxygen atoms in total. The number of fused-ring (bicyclic) bond motifs is 9. The highest BCUT2D eigenvalue weighted by Gasteiger charge is 2.19. The van der Waals surface area contributed by atoms with Crippen molar-refractivity contribution in [3.63, 3.8) is 0 Å². The minimum absolute atomic E-state index is 0.539. The number of aromatic nitrogens is 3. The molecular formula is C47H25N3OS. The third kappa shape index (κ3) is 4.59. The van der Waals surface area contributed by atoms with Crippen LogP contribution in [0.15, 0.2) is 156 Å². The van der Waals surface area contributed by atoms with Gasteiger partial charge in [0.15, 0.2) is 17.5 Å². The van der Waals surface area contributed by atoms with Crippen molar-refractivity contribution >= 4 is 75.0 Å². The monoisotopic (exact) mass is 679 g/mol. The molecule has 3 aromatic heterocycles. The van der Waals surface area contributed by atoms with Crippen LogP contribution >= 0.6 is 11.3 Å². The molecule has 5 heteroatoms. The second kappa shape index (κ2) is 11.3. The van der Waals surface area contributed by atoms with E-state index in [4.69, 9.17) is 19.4 Å². The molecule has 3 heterocycles. The lowest BCUT2D eigenvalue weighted by Crippen LogP contribution is -2.00. The van der Waals surface area contributed by atoms with Gasteiger partial charge in [-0.15, -0.1) is 11.3 Å². The lowest BCUT2D eigenvalue weighted by molar-refractivity contribution is 0.669. The molecule has 0 radical (unpaired) electrons. The van der Waals surface area contributed by atoms with Crippen molar-refractivity contribution in [1.29, 1.82) is 0 Å². The van der Waals surface area contributed by atoms with Crippen LogP contribution in [0, 0.1) is 12.1 Å². The average molecular weight is 680 g/mol. The van der Waals surface area contributed by atoms with Crippen LogP contribution in [0.1, 0.15) is 0 Å². The summed E-state index contributed by atoms with van der Waals surface area (Å²) in [5.41, 5.74) is 6.42. The number of furan rings is 1. The summed E-state index contributed by atoms with van der Waals surface area (Å²) in [5, 5.41) is 8.94. The first-order chi connectivity index (χ1) is 25.7. The quantitative estimate of drug-likeness (QED) is 0.186. The zero-order valence-corrected chi connectivity index (χ0v) is 28.4. The zero-order valence-electron chi connectivity index (χ0n) is 27.6. The molecule has 0 aliphatic carbocycles. The van der Waals surface area contributed by atoms with Crippen molar-refractivity contribution < 1.29 is 4.42 Å². The van der Waals surface area contributed by atoms with Gasteiger partial charge >= 0.3 is 0 Å². The number of hydrogen-bond acceptors (Lipinski definition) is 5. The lowest BCUT2D eigenvalue weighted by atomic mass is 9.99. The number of rotatable bonds is 4. The van der Waals surface area contributed by atoms with Gasteiger partial charge in [0.2, 0.25) is 0 Å². The van der Waals surface area contributed by atoms with E-state index in [2.05, 4.69) is 121 Å². The standard InChI is InChI=1S/C47H25N3OS/c1-2-10-29(11-3-1)45-48-46(33-19-22-35-32(25-33)18-17-28-9-4-5-12-34(28)35)50-47(49-45)37-14-8-15-41-44(37)39-27-30(20-23-40(39)51-41)31-21-24-43-38(26-31)36-13-6-7-16-42(36)52-43/h1-18,20-21,23-27H. The first-order valence-corrected chi connectivity index (χ1v) is 18.0. The number of hydrogen-bond donors (Lipinski definition) is 0. The van der Waals surface area contributed by atoms with Crippen molar-refractivity contribution in [2.24, 2.45) is 0 Å². The van der Waals surface area contributed by atoms with Gasteiger partial charge in [-0.1, -0.05) is 121 Å². The van der Waals surface area contributed by atoms with Crippen LogP contribution in [0.3, 0.4) is 0 Å². The molecule has 0 aliphatic rings. The van der Waals surface area contributed by atoms with E-state index in [0.717, 1.165) is 65.9 Å². The topological polar surface area (TPSA) is 51.8 Å². The van der Waals surface area contributed by atoms with Crippen LogP contribution < -0.4 is 0 Å². The van der Waals surface area contributed by atoms with Gasteiger partial charge < -0.3 is 4.42 Å². The van der Waals surface area contributed by atoms with Crippen LogP contribution in [0.25, 0.3) is 109 Å². The van der Waals surface area contributed by atoms with Crippen LogP contribution in [0.2, 0.25) is 0 Å². The molecule has 52 heavy (non-hydrogen) atoms. The van der Waals surface area contributed by atoms with Gasteiger partial charge in [-0.2, -0.15) is 0 Å². The molecule has 11 aromatic rings. The SMILES string of the molecule is c1c(-c2nc(-c3ccccc3)nc(-c3cccc4oc5ccc(-c6ccc7sc8ccccc8c7c6)cc5c34)n2)cc2ccc3ccccc3c2c#1. The maximum atomic E-state index is 6.45. The number of nitrogens with zero attached hydrogens (tertiary/aromatic N) is 3. The second-order valence-corrected chi connectivity index (χ2v) is 14.1. The van der Waals surface area contributed by atoms with E-state index in [0.29, 0.717) is 17.5 Å². The minimum Gasteiger partial charge on any atom is -0.456 e. The van der Waals surface area contributed by atoms with Crippen molar-refractivity contribution in [2.75, 3.05) is 0 Å². The summed E-state index contributed by atoms with van der Waals surface area (Å²) in [5.74, 6) is 1.70. The molecule has 0 aliphatic heterocycles. The fourth-order valence-electron chi connectivity index (χ4n) is 7.42. The molecule has 0 saturated carbocycles. The summed E-state index contributed by atoms with van der Waals surface area (Å²) < 4.78 is 9.04. The molecule has 0 fully saturated rings. The van der Waals surface area contributed by atoms with Crippen LogP contribution in [0.4, 0.5) is 0 Å². The van der Waals surface area contributed by atoms with Crippen LogP contribution in [-0.2, 0) is 0 Å². The Morgan fingerprint density at radius 1 is 0.442 bits per heavy atom. The van der Waals surface area contributed by atoms with Crippen LogP contribution in [0.5, 0.6) is 0 Å². The van der Waals surface area contributed by atoms with Gasteiger partial charge in [-0.05, 0) is 69.8 Å².